The molecule has 0 aliphatic heterocycles. The predicted octanol–water partition coefficient (Wildman–Crippen LogP) is 3.51. The van der Waals surface area contributed by atoms with Gasteiger partial charge in [-0.25, -0.2) is 0 Å². The van der Waals surface area contributed by atoms with Crippen molar-refractivity contribution in [3.63, 3.8) is 0 Å². The van der Waals surface area contributed by atoms with E-state index in [0.717, 1.165) is 13.0 Å². The molecule has 0 radical (unpaired) electrons. The van der Waals surface area contributed by atoms with Crippen molar-refractivity contribution in [2.45, 2.75) is 59.7 Å². The fraction of sp³-hybridized carbons (Fsp3) is 0.647. The lowest BCUT2D eigenvalue weighted by Crippen LogP contribution is -2.60. The maximum atomic E-state index is 5.50. The maximum absolute atomic E-state index is 5.50. The molecule has 0 spiro atoms. The smallest absolute Gasteiger partial charge is 0.0652 e. The molecule has 0 saturated heterocycles. The molecule has 2 rings (SSSR count). The van der Waals surface area contributed by atoms with Crippen molar-refractivity contribution in [1.29, 1.82) is 0 Å². The van der Waals surface area contributed by atoms with Crippen LogP contribution >= 0.6 is 0 Å². The minimum absolute atomic E-state index is 0.238. The Morgan fingerprint density at radius 3 is 2.37 bits per heavy atom. The molecule has 1 aliphatic carbocycles. The van der Waals surface area contributed by atoms with Gasteiger partial charge in [0.05, 0.1) is 6.10 Å². The Kier molecular flexibility index (Phi) is 4.03. The largest absolute Gasteiger partial charge is 0.381 e. The SMILES string of the molecule is COC1CC(NCc2cc(C)c(C)cc2C)C1(C)C. The lowest BCUT2D eigenvalue weighted by atomic mass is 9.64. The number of hydrogen-bond acceptors (Lipinski definition) is 2. The zero-order chi connectivity index (χ0) is 14.2. The van der Waals surface area contributed by atoms with Gasteiger partial charge in [-0.2, -0.15) is 0 Å². The van der Waals surface area contributed by atoms with Gasteiger partial charge in [0.1, 0.15) is 0 Å². The highest BCUT2D eigenvalue weighted by atomic mass is 16.5. The summed E-state index contributed by atoms with van der Waals surface area (Å²) in [6.07, 6.45) is 1.51. The molecule has 19 heavy (non-hydrogen) atoms. The lowest BCUT2D eigenvalue weighted by Gasteiger charge is -2.51. The molecule has 1 N–H and O–H groups in total. The highest BCUT2D eigenvalue weighted by molar-refractivity contribution is 5.36. The first-order chi connectivity index (χ1) is 8.86. The van der Waals surface area contributed by atoms with Crippen LogP contribution in [0.5, 0.6) is 0 Å². The highest BCUT2D eigenvalue weighted by Gasteiger charge is 2.48. The van der Waals surface area contributed by atoms with E-state index in [9.17, 15) is 0 Å². The van der Waals surface area contributed by atoms with E-state index >= 15 is 0 Å². The molecule has 2 atom stereocenters. The van der Waals surface area contributed by atoms with Gasteiger partial charge in [0.2, 0.25) is 0 Å². The Morgan fingerprint density at radius 1 is 1.16 bits per heavy atom. The van der Waals surface area contributed by atoms with Crippen LogP contribution in [-0.2, 0) is 11.3 Å². The summed E-state index contributed by atoms with van der Waals surface area (Å²) in [5.74, 6) is 0. The predicted molar refractivity (Wildman–Crippen MR) is 80.5 cm³/mol. The summed E-state index contributed by atoms with van der Waals surface area (Å²) in [6, 6.07) is 5.16. The normalized spacial score (nSPS) is 25.2. The van der Waals surface area contributed by atoms with Crippen molar-refractivity contribution in [3.05, 3.63) is 34.4 Å². The summed E-state index contributed by atoms with van der Waals surface area (Å²) < 4.78 is 5.50. The molecule has 0 bridgehead atoms. The van der Waals surface area contributed by atoms with E-state index in [2.05, 4.69) is 52.1 Å². The standard InChI is InChI=1S/C17H27NO/c1-11-7-13(3)14(8-12(11)2)10-18-15-9-16(19-6)17(15,4)5/h7-8,15-16,18H,9-10H2,1-6H3. The highest BCUT2D eigenvalue weighted by Crippen LogP contribution is 2.42. The van der Waals surface area contributed by atoms with Crippen LogP contribution in [0.1, 0.15) is 42.5 Å². The topological polar surface area (TPSA) is 21.3 Å². The van der Waals surface area contributed by atoms with E-state index in [0.29, 0.717) is 12.1 Å². The Labute approximate surface area is 117 Å². The van der Waals surface area contributed by atoms with E-state index in [4.69, 9.17) is 4.74 Å². The third kappa shape index (κ3) is 2.70. The van der Waals surface area contributed by atoms with E-state index in [-0.39, 0.29) is 5.41 Å². The molecule has 1 fully saturated rings. The van der Waals surface area contributed by atoms with Gasteiger partial charge in [0.25, 0.3) is 0 Å². The molecule has 1 aliphatic rings. The summed E-state index contributed by atoms with van der Waals surface area (Å²) in [5.41, 5.74) is 5.80. The van der Waals surface area contributed by atoms with Gasteiger partial charge in [-0.3, -0.25) is 0 Å². The number of methoxy groups -OCH3 is 1. The quantitative estimate of drug-likeness (QED) is 0.895. The van der Waals surface area contributed by atoms with Crippen molar-refractivity contribution < 1.29 is 4.74 Å². The van der Waals surface area contributed by atoms with Crippen LogP contribution in [0.3, 0.4) is 0 Å². The second kappa shape index (κ2) is 5.26. The first-order valence-electron chi connectivity index (χ1n) is 7.19. The Morgan fingerprint density at radius 2 is 1.79 bits per heavy atom. The molecule has 0 aromatic heterocycles. The van der Waals surface area contributed by atoms with Crippen LogP contribution < -0.4 is 5.32 Å². The van der Waals surface area contributed by atoms with Crippen LogP contribution in [0.15, 0.2) is 12.1 Å². The molecule has 106 valence electrons. The number of rotatable bonds is 4. The molecule has 2 unspecified atom stereocenters. The van der Waals surface area contributed by atoms with Gasteiger partial charge in [0, 0.05) is 25.1 Å². The van der Waals surface area contributed by atoms with E-state index in [1.165, 1.54) is 22.3 Å². The van der Waals surface area contributed by atoms with Crippen LogP contribution in [0.4, 0.5) is 0 Å². The molecule has 1 saturated carbocycles. The van der Waals surface area contributed by atoms with E-state index < -0.39 is 0 Å². The van der Waals surface area contributed by atoms with Gasteiger partial charge >= 0.3 is 0 Å². The number of nitrogens with one attached hydrogen (secondary N) is 1. The van der Waals surface area contributed by atoms with Crippen LogP contribution in [-0.4, -0.2) is 19.3 Å². The summed E-state index contributed by atoms with van der Waals surface area (Å²) in [5, 5.41) is 3.70. The molecule has 2 heteroatoms. The fourth-order valence-electron chi connectivity index (χ4n) is 3.08. The number of benzene rings is 1. The molecule has 1 aromatic rings. The van der Waals surface area contributed by atoms with Crippen molar-refractivity contribution >= 4 is 0 Å². The average molecular weight is 261 g/mol. The number of aryl methyl sites for hydroxylation is 3. The van der Waals surface area contributed by atoms with Crippen molar-refractivity contribution in [3.8, 4) is 0 Å². The average Bonchev–Trinajstić information content (AvgIpc) is 2.34. The molecule has 1 aromatic carbocycles. The number of hydrogen-bond donors (Lipinski definition) is 1. The van der Waals surface area contributed by atoms with Crippen LogP contribution in [0.2, 0.25) is 0 Å². The number of ether oxygens (including phenoxy) is 1. The van der Waals surface area contributed by atoms with Gasteiger partial charge in [0.15, 0.2) is 0 Å². The fourth-order valence-corrected chi connectivity index (χ4v) is 3.08. The first kappa shape index (κ1) is 14.5. The molecular formula is C17H27NO. The molecule has 2 nitrogen and oxygen atoms in total. The Bertz CT molecular complexity index is 465. The van der Waals surface area contributed by atoms with Crippen LogP contribution in [0.25, 0.3) is 0 Å². The summed E-state index contributed by atoms with van der Waals surface area (Å²) in [6.45, 7) is 12.1. The molecule has 0 amide bonds. The van der Waals surface area contributed by atoms with E-state index in [1.807, 2.05) is 7.11 Å². The Balaban J connectivity index is 1.99. The third-order valence-electron chi connectivity index (χ3n) is 4.95. The first-order valence-corrected chi connectivity index (χ1v) is 7.19. The maximum Gasteiger partial charge on any atom is 0.0652 e. The van der Waals surface area contributed by atoms with Crippen molar-refractivity contribution in [2.24, 2.45) is 5.41 Å². The summed E-state index contributed by atoms with van der Waals surface area (Å²) >= 11 is 0. The van der Waals surface area contributed by atoms with Gasteiger partial charge in [-0.1, -0.05) is 26.0 Å². The van der Waals surface area contributed by atoms with Crippen molar-refractivity contribution in [1.82, 2.24) is 5.32 Å². The lowest BCUT2D eigenvalue weighted by molar-refractivity contribution is -0.0979. The second-order valence-corrected chi connectivity index (χ2v) is 6.58. The Hall–Kier alpha value is -0.860. The minimum Gasteiger partial charge on any atom is -0.381 e. The monoisotopic (exact) mass is 261 g/mol. The molecule has 0 heterocycles. The molecular weight excluding hydrogens is 234 g/mol. The van der Waals surface area contributed by atoms with Gasteiger partial charge < -0.3 is 10.1 Å². The summed E-state index contributed by atoms with van der Waals surface area (Å²) in [4.78, 5) is 0. The van der Waals surface area contributed by atoms with Crippen LogP contribution in [0, 0.1) is 26.2 Å². The van der Waals surface area contributed by atoms with E-state index in [1.54, 1.807) is 0 Å². The minimum atomic E-state index is 0.238. The van der Waals surface area contributed by atoms with Gasteiger partial charge in [-0.05, 0) is 49.4 Å². The van der Waals surface area contributed by atoms with Crippen molar-refractivity contribution in [2.75, 3.05) is 7.11 Å². The summed E-state index contributed by atoms with van der Waals surface area (Å²) in [7, 11) is 1.82. The zero-order valence-electron chi connectivity index (χ0n) is 13.1. The third-order valence-corrected chi connectivity index (χ3v) is 4.95. The zero-order valence-corrected chi connectivity index (χ0v) is 13.1. The van der Waals surface area contributed by atoms with Gasteiger partial charge in [-0.15, -0.1) is 0 Å². The second-order valence-electron chi connectivity index (χ2n) is 6.58.